The molecule has 1 aromatic carbocycles. The van der Waals surface area contributed by atoms with Gasteiger partial charge in [-0.2, -0.15) is 11.8 Å². The number of primary amides is 1. The van der Waals surface area contributed by atoms with Crippen LogP contribution in [-0.4, -0.2) is 48.9 Å². The van der Waals surface area contributed by atoms with Crippen molar-refractivity contribution < 1.29 is 28.6 Å². The van der Waals surface area contributed by atoms with Crippen molar-refractivity contribution in [1.82, 2.24) is 5.32 Å². The molecule has 0 unspecified atom stereocenters. The molecule has 9 nitrogen and oxygen atoms in total. The number of rotatable bonds is 8. The highest BCUT2D eigenvalue weighted by atomic mass is 32.2. The van der Waals surface area contributed by atoms with Crippen molar-refractivity contribution in [1.29, 1.82) is 0 Å². The van der Waals surface area contributed by atoms with Gasteiger partial charge in [0, 0.05) is 11.8 Å². The van der Waals surface area contributed by atoms with Gasteiger partial charge in [-0.1, -0.05) is 0 Å². The van der Waals surface area contributed by atoms with Crippen molar-refractivity contribution in [3.63, 3.8) is 0 Å². The number of amides is 3. The molecule has 10 heteroatoms. The molecule has 0 saturated heterocycles. The standard InChI is InChI=1S/C16H21N3O6S/c1-9(25-15(21)11(5-6-26-2)19-16(17)22)14(20)18-10-3-4-12-13(7-10)24-8-23-12/h3-4,7,9,11H,5-6,8H2,1-2H3,(H,18,20)(H3,17,19,22)/t9-,11-/m1/s1. The van der Waals surface area contributed by atoms with Gasteiger partial charge in [-0.15, -0.1) is 0 Å². The summed E-state index contributed by atoms with van der Waals surface area (Å²) in [5, 5.41) is 4.96. The molecule has 2 rings (SSSR count). The predicted molar refractivity (Wildman–Crippen MR) is 96.3 cm³/mol. The van der Waals surface area contributed by atoms with E-state index in [0.717, 1.165) is 0 Å². The van der Waals surface area contributed by atoms with Crippen molar-refractivity contribution >= 4 is 35.4 Å². The van der Waals surface area contributed by atoms with E-state index in [1.807, 2.05) is 6.26 Å². The van der Waals surface area contributed by atoms with Gasteiger partial charge in [0.25, 0.3) is 5.91 Å². The average Bonchev–Trinajstić information content (AvgIpc) is 3.05. The number of thioether (sulfide) groups is 1. The second-order valence-corrected chi connectivity index (χ2v) is 6.46. The van der Waals surface area contributed by atoms with Gasteiger partial charge in [0.1, 0.15) is 6.04 Å². The van der Waals surface area contributed by atoms with Crippen LogP contribution >= 0.6 is 11.8 Å². The highest BCUT2D eigenvalue weighted by Gasteiger charge is 2.26. The van der Waals surface area contributed by atoms with Crippen LogP contribution in [0, 0.1) is 0 Å². The molecule has 1 heterocycles. The number of benzene rings is 1. The van der Waals surface area contributed by atoms with Gasteiger partial charge in [-0.25, -0.2) is 9.59 Å². The number of nitrogens with one attached hydrogen (secondary N) is 2. The maximum atomic E-state index is 12.2. The van der Waals surface area contributed by atoms with Crippen LogP contribution in [0.15, 0.2) is 18.2 Å². The van der Waals surface area contributed by atoms with Gasteiger partial charge in [-0.3, -0.25) is 4.79 Å². The third-order valence-electron chi connectivity index (χ3n) is 3.51. The summed E-state index contributed by atoms with van der Waals surface area (Å²) in [5.41, 5.74) is 5.56. The molecular formula is C16H21N3O6S. The Labute approximate surface area is 154 Å². The summed E-state index contributed by atoms with van der Waals surface area (Å²) in [6, 6.07) is 3.20. The molecule has 142 valence electrons. The molecule has 4 N–H and O–H groups in total. The van der Waals surface area contributed by atoms with Crippen LogP contribution in [0.25, 0.3) is 0 Å². The number of esters is 1. The van der Waals surface area contributed by atoms with Gasteiger partial charge in [0.05, 0.1) is 0 Å². The molecule has 1 aliphatic rings. The minimum absolute atomic E-state index is 0.130. The predicted octanol–water partition coefficient (Wildman–Crippen LogP) is 1.08. The summed E-state index contributed by atoms with van der Waals surface area (Å²) < 4.78 is 15.6. The molecule has 0 saturated carbocycles. The molecule has 0 fully saturated rings. The number of hydrogen-bond donors (Lipinski definition) is 3. The summed E-state index contributed by atoms with van der Waals surface area (Å²) in [6.45, 7) is 1.57. The minimum Gasteiger partial charge on any atom is -0.454 e. The zero-order valence-corrected chi connectivity index (χ0v) is 15.3. The Morgan fingerprint density at radius 3 is 2.73 bits per heavy atom. The van der Waals surface area contributed by atoms with E-state index in [2.05, 4.69) is 10.6 Å². The van der Waals surface area contributed by atoms with Gasteiger partial charge in [0.15, 0.2) is 17.6 Å². The summed E-state index contributed by atoms with van der Waals surface area (Å²) in [4.78, 5) is 35.4. The van der Waals surface area contributed by atoms with Gasteiger partial charge in [-0.05, 0) is 37.5 Å². The van der Waals surface area contributed by atoms with E-state index in [1.54, 1.807) is 18.2 Å². The number of urea groups is 1. The SMILES string of the molecule is CSCC[C@@H](NC(N)=O)C(=O)O[C@H](C)C(=O)Nc1ccc2c(c1)OCO2. The fourth-order valence-electron chi connectivity index (χ4n) is 2.18. The van der Waals surface area contributed by atoms with Crippen molar-refractivity contribution in [3.05, 3.63) is 18.2 Å². The first-order valence-corrected chi connectivity index (χ1v) is 9.26. The highest BCUT2D eigenvalue weighted by Crippen LogP contribution is 2.34. The zero-order chi connectivity index (χ0) is 19.1. The fourth-order valence-corrected chi connectivity index (χ4v) is 2.66. The molecule has 1 aromatic rings. The summed E-state index contributed by atoms with van der Waals surface area (Å²) in [5.74, 6) is 0.510. The monoisotopic (exact) mass is 383 g/mol. The second kappa shape index (κ2) is 9.18. The molecule has 0 radical (unpaired) electrons. The normalized spacial score (nSPS) is 14.2. The number of nitrogens with two attached hydrogens (primary N) is 1. The lowest BCUT2D eigenvalue weighted by Crippen LogP contribution is -2.46. The van der Waals surface area contributed by atoms with E-state index in [0.29, 0.717) is 29.4 Å². The van der Waals surface area contributed by atoms with Crippen molar-refractivity contribution in [2.75, 3.05) is 24.1 Å². The first-order chi connectivity index (χ1) is 12.4. The number of fused-ring (bicyclic) bond motifs is 1. The quantitative estimate of drug-likeness (QED) is 0.573. The molecule has 0 aliphatic carbocycles. The maximum absolute atomic E-state index is 12.2. The zero-order valence-electron chi connectivity index (χ0n) is 14.4. The fraction of sp³-hybridized carbons (Fsp3) is 0.438. The molecule has 26 heavy (non-hydrogen) atoms. The Balaban J connectivity index is 1.92. The average molecular weight is 383 g/mol. The molecular weight excluding hydrogens is 362 g/mol. The maximum Gasteiger partial charge on any atom is 0.329 e. The summed E-state index contributed by atoms with van der Waals surface area (Å²) in [7, 11) is 0. The Morgan fingerprint density at radius 2 is 2.04 bits per heavy atom. The smallest absolute Gasteiger partial charge is 0.329 e. The summed E-state index contributed by atoms with van der Waals surface area (Å²) >= 11 is 1.51. The van der Waals surface area contributed by atoms with Crippen molar-refractivity contribution in [2.45, 2.75) is 25.5 Å². The largest absolute Gasteiger partial charge is 0.454 e. The molecule has 0 aromatic heterocycles. The van der Waals surface area contributed by atoms with Crippen LogP contribution in [-0.2, 0) is 14.3 Å². The minimum atomic E-state index is -1.06. The summed E-state index contributed by atoms with van der Waals surface area (Å²) in [6.07, 6.45) is 1.16. The Morgan fingerprint density at radius 1 is 1.31 bits per heavy atom. The van der Waals surface area contributed by atoms with E-state index in [4.69, 9.17) is 19.9 Å². The Kier molecular flexibility index (Phi) is 6.96. The number of carbonyl (C=O) groups is 3. The third-order valence-corrected chi connectivity index (χ3v) is 4.16. The van der Waals surface area contributed by atoms with Crippen LogP contribution < -0.4 is 25.8 Å². The van der Waals surface area contributed by atoms with Crippen molar-refractivity contribution in [2.24, 2.45) is 5.73 Å². The third kappa shape index (κ3) is 5.45. The van der Waals surface area contributed by atoms with E-state index in [9.17, 15) is 14.4 Å². The molecule has 3 amide bonds. The lowest BCUT2D eigenvalue weighted by Gasteiger charge is -2.19. The highest BCUT2D eigenvalue weighted by molar-refractivity contribution is 7.98. The number of ether oxygens (including phenoxy) is 3. The van der Waals surface area contributed by atoms with Crippen molar-refractivity contribution in [3.8, 4) is 11.5 Å². The van der Waals surface area contributed by atoms with Crippen LogP contribution in [0.2, 0.25) is 0 Å². The molecule has 1 aliphatic heterocycles. The number of anilines is 1. The lowest BCUT2D eigenvalue weighted by atomic mass is 10.2. The van der Waals surface area contributed by atoms with Gasteiger partial charge < -0.3 is 30.6 Å². The Bertz CT molecular complexity index is 684. The van der Waals surface area contributed by atoms with Crippen LogP contribution in [0.1, 0.15) is 13.3 Å². The van der Waals surface area contributed by atoms with Gasteiger partial charge >= 0.3 is 12.0 Å². The van der Waals surface area contributed by atoms with E-state index < -0.39 is 30.1 Å². The Hall–Kier alpha value is -2.62. The van der Waals surface area contributed by atoms with E-state index >= 15 is 0 Å². The van der Waals surface area contributed by atoms with E-state index in [-0.39, 0.29) is 6.79 Å². The topological polar surface area (TPSA) is 129 Å². The van der Waals surface area contributed by atoms with Gasteiger partial charge in [0.2, 0.25) is 6.79 Å². The van der Waals surface area contributed by atoms with Crippen LogP contribution in [0.4, 0.5) is 10.5 Å². The first-order valence-electron chi connectivity index (χ1n) is 7.86. The molecule has 0 spiro atoms. The second-order valence-electron chi connectivity index (χ2n) is 5.48. The number of hydrogen-bond acceptors (Lipinski definition) is 7. The van der Waals surface area contributed by atoms with Crippen LogP contribution in [0.3, 0.4) is 0 Å². The van der Waals surface area contributed by atoms with E-state index in [1.165, 1.54) is 18.7 Å². The first kappa shape index (κ1) is 19.7. The lowest BCUT2D eigenvalue weighted by molar-refractivity contribution is -0.155. The number of carbonyl (C=O) groups excluding carboxylic acids is 3. The molecule has 0 bridgehead atoms. The van der Waals surface area contributed by atoms with Crippen LogP contribution in [0.5, 0.6) is 11.5 Å². The molecule has 2 atom stereocenters.